The van der Waals surface area contributed by atoms with Crippen LogP contribution in [0.3, 0.4) is 0 Å². The predicted molar refractivity (Wildman–Crippen MR) is 92.2 cm³/mol. The molecule has 0 aliphatic carbocycles. The van der Waals surface area contributed by atoms with E-state index < -0.39 is 0 Å². The Kier molecular flexibility index (Phi) is 7.31. The molecule has 3 nitrogen and oxygen atoms in total. The molecule has 0 spiro atoms. The lowest BCUT2D eigenvalue weighted by Crippen LogP contribution is -2.23. The Morgan fingerprint density at radius 2 is 1.86 bits per heavy atom. The maximum absolute atomic E-state index is 5.65. The van der Waals surface area contributed by atoms with Gasteiger partial charge in [-0.1, -0.05) is 34.6 Å². The molecule has 0 saturated carbocycles. The summed E-state index contributed by atoms with van der Waals surface area (Å²) in [5.41, 5.74) is 1.29. The average molecular weight is 313 g/mol. The van der Waals surface area contributed by atoms with E-state index in [2.05, 4.69) is 53.8 Å². The fourth-order valence-electron chi connectivity index (χ4n) is 1.99. The van der Waals surface area contributed by atoms with Gasteiger partial charge in [-0.15, -0.1) is 11.3 Å². The van der Waals surface area contributed by atoms with Crippen LogP contribution in [0, 0.1) is 12.8 Å². The maximum Gasteiger partial charge on any atom is 0.0985 e. The number of hydrogen-bond acceptors (Lipinski definition) is 4. The molecule has 1 unspecified atom stereocenters. The van der Waals surface area contributed by atoms with Crippen molar-refractivity contribution in [2.45, 2.75) is 66.3 Å². The number of nitrogens with zero attached hydrogens (tertiary/aromatic N) is 1. The van der Waals surface area contributed by atoms with Crippen molar-refractivity contribution < 1.29 is 4.74 Å². The van der Waals surface area contributed by atoms with Gasteiger partial charge in [-0.25, -0.2) is 4.98 Å². The maximum atomic E-state index is 5.65. The van der Waals surface area contributed by atoms with E-state index in [1.807, 2.05) is 11.3 Å². The molecule has 0 bridgehead atoms. The van der Waals surface area contributed by atoms with Gasteiger partial charge in [-0.2, -0.15) is 0 Å². The molecule has 122 valence electrons. The molecular weight excluding hydrogens is 280 g/mol. The van der Waals surface area contributed by atoms with Gasteiger partial charge in [0.15, 0.2) is 0 Å². The lowest BCUT2D eigenvalue weighted by molar-refractivity contribution is 0.124. The third kappa shape index (κ3) is 6.45. The number of rotatable bonds is 8. The summed E-state index contributed by atoms with van der Waals surface area (Å²) in [4.78, 5) is 6.08. The Labute approximate surface area is 134 Å². The predicted octanol–water partition coefficient (Wildman–Crippen LogP) is 4.46. The Hall–Kier alpha value is -0.450. The standard InChI is InChI=1S/C17H32N2OS/c1-12(2)8-10-20-11-9-18-13(3)15-14(4)19-16(21-15)17(5,6)7/h12-13,18H,8-11H2,1-7H3. The summed E-state index contributed by atoms with van der Waals surface area (Å²) < 4.78 is 5.65. The van der Waals surface area contributed by atoms with Crippen molar-refractivity contribution in [1.29, 1.82) is 0 Å². The van der Waals surface area contributed by atoms with Crippen LogP contribution in [0.15, 0.2) is 0 Å². The van der Waals surface area contributed by atoms with Crippen LogP contribution in [0.2, 0.25) is 0 Å². The van der Waals surface area contributed by atoms with E-state index in [1.165, 1.54) is 9.88 Å². The lowest BCUT2D eigenvalue weighted by Gasteiger charge is -2.15. The van der Waals surface area contributed by atoms with Gasteiger partial charge in [0.25, 0.3) is 0 Å². The molecule has 1 N–H and O–H groups in total. The minimum absolute atomic E-state index is 0.132. The van der Waals surface area contributed by atoms with Crippen molar-refractivity contribution >= 4 is 11.3 Å². The van der Waals surface area contributed by atoms with E-state index >= 15 is 0 Å². The summed E-state index contributed by atoms with van der Waals surface area (Å²) in [7, 11) is 0. The largest absolute Gasteiger partial charge is 0.380 e. The fraction of sp³-hybridized carbons (Fsp3) is 0.824. The van der Waals surface area contributed by atoms with Gasteiger partial charge < -0.3 is 10.1 Å². The second-order valence-electron chi connectivity index (χ2n) is 7.19. The smallest absolute Gasteiger partial charge is 0.0985 e. The van der Waals surface area contributed by atoms with Crippen LogP contribution >= 0.6 is 11.3 Å². The number of thiazole rings is 1. The highest BCUT2D eigenvalue weighted by Crippen LogP contribution is 2.32. The molecule has 0 saturated heterocycles. The summed E-state index contributed by atoms with van der Waals surface area (Å²) in [6, 6.07) is 0.340. The highest BCUT2D eigenvalue weighted by atomic mass is 32.1. The first-order valence-electron chi connectivity index (χ1n) is 8.00. The van der Waals surface area contributed by atoms with Gasteiger partial charge >= 0.3 is 0 Å². The molecule has 0 fully saturated rings. The van der Waals surface area contributed by atoms with E-state index in [-0.39, 0.29) is 5.41 Å². The Morgan fingerprint density at radius 1 is 1.19 bits per heavy atom. The molecule has 21 heavy (non-hydrogen) atoms. The van der Waals surface area contributed by atoms with Crippen molar-refractivity contribution in [3.05, 3.63) is 15.6 Å². The second kappa shape index (κ2) is 8.25. The molecule has 4 heteroatoms. The summed E-state index contributed by atoms with van der Waals surface area (Å²) in [5, 5.41) is 4.76. The Morgan fingerprint density at radius 3 is 2.38 bits per heavy atom. The average Bonchev–Trinajstić information content (AvgIpc) is 2.75. The zero-order valence-electron chi connectivity index (χ0n) is 14.7. The van der Waals surface area contributed by atoms with Gasteiger partial charge in [-0.05, 0) is 26.2 Å². The first-order chi connectivity index (χ1) is 9.71. The third-order valence-corrected chi connectivity index (χ3v) is 5.17. The summed E-state index contributed by atoms with van der Waals surface area (Å²) >= 11 is 1.83. The van der Waals surface area contributed by atoms with Crippen LogP contribution in [0.25, 0.3) is 0 Å². The number of hydrogen-bond donors (Lipinski definition) is 1. The molecule has 1 heterocycles. The Bertz CT molecular complexity index is 421. The fourth-order valence-corrected chi connectivity index (χ4v) is 3.14. The molecule has 0 amide bonds. The van der Waals surface area contributed by atoms with Gasteiger partial charge in [0.2, 0.25) is 0 Å². The van der Waals surface area contributed by atoms with Crippen molar-refractivity contribution in [2.24, 2.45) is 5.92 Å². The van der Waals surface area contributed by atoms with Crippen LogP contribution in [0.1, 0.15) is 69.6 Å². The van der Waals surface area contributed by atoms with Crippen LogP contribution in [0.4, 0.5) is 0 Å². The second-order valence-corrected chi connectivity index (χ2v) is 8.22. The van der Waals surface area contributed by atoms with E-state index in [0.29, 0.717) is 12.0 Å². The lowest BCUT2D eigenvalue weighted by atomic mass is 9.98. The minimum atomic E-state index is 0.132. The Balaban J connectivity index is 2.39. The molecule has 1 aromatic rings. The minimum Gasteiger partial charge on any atom is -0.380 e. The van der Waals surface area contributed by atoms with Crippen LogP contribution in [0.5, 0.6) is 0 Å². The SMILES string of the molecule is Cc1nc(C(C)(C)C)sc1C(C)NCCOCCC(C)C. The summed E-state index contributed by atoms with van der Waals surface area (Å²) in [5.74, 6) is 0.715. The number of aryl methyl sites for hydroxylation is 1. The first kappa shape index (κ1) is 18.6. The van der Waals surface area contributed by atoms with Gasteiger partial charge in [-0.3, -0.25) is 0 Å². The van der Waals surface area contributed by atoms with E-state index in [0.717, 1.165) is 31.9 Å². The number of nitrogens with one attached hydrogen (secondary N) is 1. The molecule has 0 aliphatic heterocycles. The highest BCUT2D eigenvalue weighted by Gasteiger charge is 2.22. The third-order valence-electron chi connectivity index (χ3n) is 3.40. The van der Waals surface area contributed by atoms with Gasteiger partial charge in [0.1, 0.15) is 0 Å². The molecule has 1 aromatic heterocycles. The van der Waals surface area contributed by atoms with Crippen molar-refractivity contribution in [1.82, 2.24) is 10.3 Å². The van der Waals surface area contributed by atoms with Crippen LogP contribution in [-0.2, 0) is 10.2 Å². The normalized spacial score (nSPS) is 13.9. The zero-order valence-corrected chi connectivity index (χ0v) is 15.6. The summed E-state index contributed by atoms with van der Waals surface area (Å²) in [6.07, 6.45) is 1.14. The van der Waals surface area contributed by atoms with Crippen LogP contribution in [-0.4, -0.2) is 24.7 Å². The molecule has 1 rings (SSSR count). The molecule has 0 aromatic carbocycles. The summed E-state index contributed by atoms with van der Waals surface area (Å²) in [6.45, 7) is 18.0. The first-order valence-corrected chi connectivity index (χ1v) is 8.82. The van der Waals surface area contributed by atoms with E-state index in [1.54, 1.807) is 0 Å². The topological polar surface area (TPSA) is 34.2 Å². The molecular formula is C17H32N2OS. The van der Waals surface area contributed by atoms with Gasteiger partial charge in [0.05, 0.1) is 17.3 Å². The zero-order chi connectivity index (χ0) is 16.0. The van der Waals surface area contributed by atoms with Crippen molar-refractivity contribution in [2.75, 3.05) is 19.8 Å². The highest BCUT2D eigenvalue weighted by molar-refractivity contribution is 7.12. The number of ether oxygens (including phenoxy) is 1. The molecule has 1 atom stereocenters. The quantitative estimate of drug-likeness (QED) is 0.720. The molecule has 0 aliphatic rings. The van der Waals surface area contributed by atoms with Crippen molar-refractivity contribution in [3.63, 3.8) is 0 Å². The van der Waals surface area contributed by atoms with Crippen molar-refractivity contribution in [3.8, 4) is 0 Å². The number of aromatic nitrogens is 1. The molecule has 0 radical (unpaired) electrons. The van der Waals surface area contributed by atoms with Crippen LogP contribution < -0.4 is 5.32 Å². The van der Waals surface area contributed by atoms with E-state index in [4.69, 9.17) is 9.72 Å². The monoisotopic (exact) mass is 312 g/mol. The van der Waals surface area contributed by atoms with E-state index in [9.17, 15) is 0 Å². The van der Waals surface area contributed by atoms with Gasteiger partial charge in [0, 0.05) is 29.5 Å².